The van der Waals surface area contributed by atoms with Crippen molar-refractivity contribution >= 4 is 29.1 Å². The van der Waals surface area contributed by atoms with Crippen LogP contribution in [-0.4, -0.2) is 29.0 Å². The fourth-order valence-electron chi connectivity index (χ4n) is 2.85. The molecule has 2 amide bonds. The quantitative estimate of drug-likeness (QED) is 0.542. The largest absolute Gasteiger partial charge is 0.348 e. The van der Waals surface area contributed by atoms with Gasteiger partial charge in [-0.05, 0) is 54.6 Å². The van der Waals surface area contributed by atoms with E-state index in [1.807, 2.05) is 0 Å². The standard InChI is InChI=1S/C22H21ClN4O3/c23-16-6-8-17(9-7-16)25-20(28)13-18(14-24)26-22(30)15-4-10-19(11-5-15)27-12-2-1-3-21(27)29/h1-12,18H,13-14,24H2,(H,25,28)(H,26,30). The monoisotopic (exact) mass is 424 g/mol. The lowest BCUT2D eigenvalue weighted by Gasteiger charge is -2.17. The third kappa shape index (κ3) is 5.56. The molecule has 0 fully saturated rings. The first-order valence-corrected chi connectivity index (χ1v) is 9.68. The third-order valence-electron chi connectivity index (χ3n) is 4.41. The molecule has 8 heteroatoms. The molecule has 0 bridgehead atoms. The van der Waals surface area contributed by atoms with Gasteiger partial charge in [0.1, 0.15) is 0 Å². The second kappa shape index (κ2) is 9.87. The van der Waals surface area contributed by atoms with Crippen LogP contribution in [0.4, 0.5) is 5.69 Å². The van der Waals surface area contributed by atoms with Crippen LogP contribution in [0.5, 0.6) is 0 Å². The molecule has 1 unspecified atom stereocenters. The lowest BCUT2D eigenvalue weighted by atomic mass is 10.1. The molecular weight excluding hydrogens is 404 g/mol. The highest BCUT2D eigenvalue weighted by Gasteiger charge is 2.16. The number of aromatic nitrogens is 1. The van der Waals surface area contributed by atoms with E-state index in [-0.39, 0.29) is 30.3 Å². The number of carbonyl (C=O) groups is 2. The Morgan fingerprint density at radius 2 is 1.70 bits per heavy atom. The number of nitrogens with two attached hydrogens (primary N) is 1. The van der Waals surface area contributed by atoms with Crippen LogP contribution in [0.25, 0.3) is 5.69 Å². The second-order valence-corrected chi connectivity index (χ2v) is 7.06. The van der Waals surface area contributed by atoms with Crippen molar-refractivity contribution in [2.24, 2.45) is 5.73 Å². The van der Waals surface area contributed by atoms with Gasteiger partial charge in [-0.3, -0.25) is 19.0 Å². The smallest absolute Gasteiger partial charge is 0.255 e. The summed E-state index contributed by atoms with van der Waals surface area (Å²) in [5.41, 5.74) is 7.22. The molecule has 0 aliphatic rings. The van der Waals surface area contributed by atoms with Gasteiger partial charge in [-0.2, -0.15) is 0 Å². The molecule has 0 saturated heterocycles. The fourth-order valence-corrected chi connectivity index (χ4v) is 2.97. The number of carbonyl (C=O) groups excluding carboxylic acids is 2. The summed E-state index contributed by atoms with van der Waals surface area (Å²) < 4.78 is 1.48. The van der Waals surface area contributed by atoms with Crippen LogP contribution >= 0.6 is 11.6 Å². The minimum Gasteiger partial charge on any atom is -0.348 e. The lowest BCUT2D eigenvalue weighted by molar-refractivity contribution is -0.116. The molecule has 0 radical (unpaired) electrons. The zero-order valence-corrected chi connectivity index (χ0v) is 16.8. The molecule has 0 spiro atoms. The number of anilines is 1. The van der Waals surface area contributed by atoms with Crippen LogP contribution in [0.1, 0.15) is 16.8 Å². The molecule has 0 aliphatic heterocycles. The van der Waals surface area contributed by atoms with Gasteiger partial charge in [0.15, 0.2) is 0 Å². The Morgan fingerprint density at radius 3 is 2.33 bits per heavy atom. The van der Waals surface area contributed by atoms with Gasteiger partial charge in [-0.25, -0.2) is 0 Å². The molecule has 1 heterocycles. The first-order valence-electron chi connectivity index (χ1n) is 9.31. The van der Waals surface area contributed by atoms with E-state index < -0.39 is 6.04 Å². The normalized spacial score (nSPS) is 11.5. The molecule has 30 heavy (non-hydrogen) atoms. The highest BCUT2D eigenvalue weighted by Crippen LogP contribution is 2.14. The molecule has 0 aliphatic carbocycles. The van der Waals surface area contributed by atoms with E-state index in [0.29, 0.717) is 22.0 Å². The van der Waals surface area contributed by atoms with E-state index in [2.05, 4.69) is 10.6 Å². The molecule has 3 aromatic rings. The van der Waals surface area contributed by atoms with E-state index >= 15 is 0 Å². The van der Waals surface area contributed by atoms with Crippen molar-refractivity contribution in [2.45, 2.75) is 12.5 Å². The molecular formula is C22H21ClN4O3. The number of amides is 2. The van der Waals surface area contributed by atoms with Crippen molar-refractivity contribution in [3.63, 3.8) is 0 Å². The molecule has 4 N–H and O–H groups in total. The van der Waals surface area contributed by atoms with Crippen molar-refractivity contribution < 1.29 is 9.59 Å². The van der Waals surface area contributed by atoms with E-state index in [0.717, 1.165) is 0 Å². The number of hydrogen-bond acceptors (Lipinski definition) is 4. The summed E-state index contributed by atoms with van der Waals surface area (Å²) in [4.78, 5) is 36.7. The van der Waals surface area contributed by atoms with Crippen molar-refractivity contribution in [2.75, 3.05) is 11.9 Å². The van der Waals surface area contributed by atoms with Gasteiger partial charge in [-0.15, -0.1) is 0 Å². The molecule has 3 rings (SSSR count). The Bertz CT molecular complexity index is 1080. The number of benzene rings is 2. The number of nitrogens with zero attached hydrogens (tertiary/aromatic N) is 1. The number of hydrogen-bond donors (Lipinski definition) is 3. The summed E-state index contributed by atoms with van der Waals surface area (Å²) in [7, 11) is 0. The van der Waals surface area contributed by atoms with Crippen LogP contribution in [0.2, 0.25) is 5.02 Å². The summed E-state index contributed by atoms with van der Waals surface area (Å²) in [5, 5.41) is 6.08. The summed E-state index contributed by atoms with van der Waals surface area (Å²) in [5.74, 6) is -0.622. The van der Waals surface area contributed by atoms with Gasteiger partial charge in [0.05, 0.1) is 6.04 Å². The number of nitrogens with one attached hydrogen (secondary N) is 2. The second-order valence-electron chi connectivity index (χ2n) is 6.62. The third-order valence-corrected chi connectivity index (χ3v) is 4.66. The van der Waals surface area contributed by atoms with Crippen LogP contribution in [0, 0.1) is 0 Å². The fraction of sp³-hybridized carbons (Fsp3) is 0.136. The molecule has 1 atom stereocenters. The van der Waals surface area contributed by atoms with Gasteiger partial charge in [0.2, 0.25) is 5.91 Å². The number of rotatable bonds is 7. The Morgan fingerprint density at radius 1 is 1.00 bits per heavy atom. The maximum absolute atomic E-state index is 12.5. The number of halogens is 1. The SMILES string of the molecule is NCC(CC(=O)Nc1ccc(Cl)cc1)NC(=O)c1ccc(-n2ccccc2=O)cc1. The zero-order chi connectivity index (χ0) is 21.5. The maximum atomic E-state index is 12.5. The minimum atomic E-state index is -0.527. The first kappa shape index (κ1) is 21.3. The Balaban J connectivity index is 1.60. The average molecular weight is 425 g/mol. The van der Waals surface area contributed by atoms with Crippen LogP contribution in [-0.2, 0) is 4.79 Å². The first-order chi connectivity index (χ1) is 14.5. The van der Waals surface area contributed by atoms with Crippen molar-refractivity contribution in [1.82, 2.24) is 9.88 Å². The highest BCUT2D eigenvalue weighted by atomic mass is 35.5. The van der Waals surface area contributed by atoms with Gasteiger partial charge < -0.3 is 16.4 Å². The van der Waals surface area contributed by atoms with Crippen LogP contribution in [0.3, 0.4) is 0 Å². The predicted octanol–water partition coefficient (Wildman–Crippen LogP) is 2.58. The summed E-state index contributed by atoms with van der Waals surface area (Å²) in [6, 6.07) is 17.7. The van der Waals surface area contributed by atoms with Gasteiger partial charge in [0, 0.05) is 47.2 Å². The summed E-state index contributed by atoms with van der Waals surface area (Å²) in [6.45, 7) is 0.108. The molecule has 2 aromatic carbocycles. The summed E-state index contributed by atoms with van der Waals surface area (Å²) >= 11 is 5.83. The minimum absolute atomic E-state index is 0.0301. The molecule has 7 nitrogen and oxygen atoms in total. The predicted molar refractivity (Wildman–Crippen MR) is 117 cm³/mol. The molecule has 1 aromatic heterocycles. The molecule has 0 saturated carbocycles. The highest BCUT2D eigenvalue weighted by molar-refractivity contribution is 6.30. The Labute approximate surface area is 178 Å². The van der Waals surface area contributed by atoms with Gasteiger partial charge in [-0.1, -0.05) is 17.7 Å². The Kier molecular flexibility index (Phi) is 7.00. The zero-order valence-electron chi connectivity index (χ0n) is 16.0. The van der Waals surface area contributed by atoms with Crippen molar-refractivity contribution in [1.29, 1.82) is 0 Å². The van der Waals surface area contributed by atoms with E-state index in [1.54, 1.807) is 66.9 Å². The van der Waals surface area contributed by atoms with Crippen molar-refractivity contribution in [3.8, 4) is 5.69 Å². The Hall–Kier alpha value is -3.42. The topological polar surface area (TPSA) is 106 Å². The van der Waals surface area contributed by atoms with E-state index in [9.17, 15) is 14.4 Å². The van der Waals surface area contributed by atoms with Crippen LogP contribution in [0.15, 0.2) is 77.7 Å². The average Bonchev–Trinajstić information content (AvgIpc) is 2.75. The van der Waals surface area contributed by atoms with E-state index in [1.165, 1.54) is 10.6 Å². The summed E-state index contributed by atoms with van der Waals surface area (Å²) in [6.07, 6.45) is 1.68. The molecule has 154 valence electrons. The van der Waals surface area contributed by atoms with Crippen LogP contribution < -0.4 is 21.9 Å². The van der Waals surface area contributed by atoms with E-state index in [4.69, 9.17) is 17.3 Å². The lowest BCUT2D eigenvalue weighted by Crippen LogP contribution is -2.42. The van der Waals surface area contributed by atoms with Crippen molar-refractivity contribution in [3.05, 3.63) is 93.9 Å². The van der Waals surface area contributed by atoms with Gasteiger partial charge in [0.25, 0.3) is 11.5 Å². The maximum Gasteiger partial charge on any atom is 0.255 e. The number of pyridine rings is 1. The van der Waals surface area contributed by atoms with Gasteiger partial charge >= 0.3 is 0 Å².